The van der Waals surface area contributed by atoms with Crippen LogP contribution in [0.1, 0.15) is 11.3 Å². The normalized spacial score (nSPS) is 12.1. The van der Waals surface area contributed by atoms with Crippen LogP contribution in [0.5, 0.6) is 0 Å². The lowest BCUT2D eigenvalue weighted by molar-refractivity contribution is 0.723. The SMILES string of the molecule is Cc1c(CNCC(Cl)=CCl)cnn1C. The molecule has 1 N–H and O–H groups in total. The Morgan fingerprint density at radius 3 is 2.93 bits per heavy atom. The van der Waals surface area contributed by atoms with Crippen LogP contribution >= 0.6 is 23.2 Å². The molecule has 14 heavy (non-hydrogen) atoms. The van der Waals surface area contributed by atoms with Crippen LogP contribution in [0.4, 0.5) is 0 Å². The molecule has 0 atom stereocenters. The van der Waals surface area contributed by atoms with Gasteiger partial charge in [0.25, 0.3) is 0 Å². The first-order valence-electron chi connectivity index (χ1n) is 4.28. The molecule has 1 aromatic rings. The van der Waals surface area contributed by atoms with Gasteiger partial charge in [-0.25, -0.2) is 0 Å². The molecule has 1 aromatic heterocycles. The Kier molecular flexibility index (Phi) is 4.45. The van der Waals surface area contributed by atoms with E-state index >= 15 is 0 Å². The van der Waals surface area contributed by atoms with E-state index in [4.69, 9.17) is 23.2 Å². The van der Waals surface area contributed by atoms with Crippen molar-refractivity contribution >= 4 is 23.2 Å². The van der Waals surface area contributed by atoms with Crippen molar-refractivity contribution in [2.75, 3.05) is 6.54 Å². The summed E-state index contributed by atoms with van der Waals surface area (Å²) in [6, 6.07) is 0. The molecule has 0 radical (unpaired) electrons. The van der Waals surface area contributed by atoms with Crippen molar-refractivity contribution in [1.29, 1.82) is 0 Å². The summed E-state index contributed by atoms with van der Waals surface area (Å²) in [5.41, 5.74) is 3.69. The Morgan fingerprint density at radius 1 is 1.71 bits per heavy atom. The van der Waals surface area contributed by atoms with Gasteiger partial charge in [0.15, 0.2) is 0 Å². The van der Waals surface area contributed by atoms with Gasteiger partial charge >= 0.3 is 0 Å². The molecule has 1 rings (SSSR count). The van der Waals surface area contributed by atoms with Gasteiger partial charge in [-0.2, -0.15) is 5.10 Å². The lowest BCUT2D eigenvalue weighted by Crippen LogP contribution is -2.15. The number of rotatable bonds is 4. The maximum absolute atomic E-state index is 5.72. The first kappa shape index (κ1) is 11.6. The highest BCUT2D eigenvalue weighted by Gasteiger charge is 2.02. The number of hydrogen-bond donors (Lipinski definition) is 1. The molecule has 0 bridgehead atoms. The van der Waals surface area contributed by atoms with E-state index in [0.717, 1.165) is 12.2 Å². The van der Waals surface area contributed by atoms with Crippen LogP contribution < -0.4 is 5.32 Å². The van der Waals surface area contributed by atoms with Crippen molar-refractivity contribution in [2.45, 2.75) is 13.5 Å². The van der Waals surface area contributed by atoms with Crippen LogP contribution in [-0.4, -0.2) is 16.3 Å². The molecule has 5 heteroatoms. The molecule has 0 saturated carbocycles. The van der Waals surface area contributed by atoms with Gasteiger partial charge in [-0.15, -0.1) is 0 Å². The van der Waals surface area contributed by atoms with Gasteiger partial charge < -0.3 is 5.32 Å². The molecule has 0 aliphatic rings. The minimum atomic E-state index is 0.583. The smallest absolute Gasteiger partial charge is 0.0537 e. The molecule has 1 heterocycles. The lowest BCUT2D eigenvalue weighted by atomic mass is 10.2. The summed E-state index contributed by atoms with van der Waals surface area (Å²) in [5, 5.41) is 7.91. The summed E-state index contributed by atoms with van der Waals surface area (Å²) in [6.45, 7) is 3.36. The Labute approximate surface area is 93.7 Å². The van der Waals surface area contributed by atoms with Crippen LogP contribution in [0.3, 0.4) is 0 Å². The molecule has 0 fully saturated rings. The summed E-state index contributed by atoms with van der Waals surface area (Å²) in [5.74, 6) is 0. The van der Waals surface area contributed by atoms with Gasteiger partial charge in [-0.05, 0) is 6.92 Å². The van der Waals surface area contributed by atoms with Gasteiger partial charge in [0, 0.05) is 42.0 Å². The first-order chi connectivity index (χ1) is 6.65. The fourth-order valence-electron chi connectivity index (χ4n) is 1.07. The van der Waals surface area contributed by atoms with Gasteiger partial charge in [-0.3, -0.25) is 4.68 Å². The van der Waals surface area contributed by atoms with E-state index in [9.17, 15) is 0 Å². The summed E-state index contributed by atoms with van der Waals surface area (Å²) in [6.07, 6.45) is 1.85. The maximum Gasteiger partial charge on any atom is 0.0537 e. The van der Waals surface area contributed by atoms with E-state index in [-0.39, 0.29) is 0 Å². The number of nitrogens with zero attached hydrogens (tertiary/aromatic N) is 2. The standard InChI is InChI=1S/C9H13Cl2N3/c1-7-8(5-13-14(7)2)4-12-6-9(11)3-10/h3,5,12H,4,6H2,1-2H3. The van der Waals surface area contributed by atoms with Crippen LogP contribution in [0.2, 0.25) is 0 Å². The maximum atomic E-state index is 5.72. The van der Waals surface area contributed by atoms with E-state index in [1.54, 1.807) is 0 Å². The highest BCUT2D eigenvalue weighted by molar-refractivity contribution is 6.36. The molecule has 3 nitrogen and oxygen atoms in total. The van der Waals surface area contributed by atoms with Crippen molar-refractivity contribution in [1.82, 2.24) is 15.1 Å². The topological polar surface area (TPSA) is 29.9 Å². The third-order valence-corrected chi connectivity index (χ3v) is 2.68. The van der Waals surface area contributed by atoms with Crippen LogP contribution in [0.25, 0.3) is 0 Å². The molecule has 0 saturated heterocycles. The Hall–Kier alpha value is -0.510. The molecule has 0 aromatic carbocycles. The molecule has 0 aliphatic carbocycles. The predicted octanol–water partition coefficient (Wildman–Crippen LogP) is 2.14. The second-order valence-corrected chi connectivity index (χ2v) is 3.74. The summed E-state index contributed by atoms with van der Waals surface area (Å²) < 4.78 is 1.84. The quantitative estimate of drug-likeness (QED) is 0.864. The van der Waals surface area contributed by atoms with Crippen molar-refractivity contribution in [3.63, 3.8) is 0 Å². The number of halogens is 2. The lowest BCUT2D eigenvalue weighted by Gasteiger charge is -2.02. The van der Waals surface area contributed by atoms with Crippen LogP contribution in [0, 0.1) is 6.92 Å². The molecule has 78 valence electrons. The molecule has 0 unspecified atom stereocenters. The minimum absolute atomic E-state index is 0.583. The van der Waals surface area contributed by atoms with Crippen molar-refractivity contribution in [3.05, 3.63) is 28.0 Å². The monoisotopic (exact) mass is 233 g/mol. The number of hydrogen-bond acceptors (Lipinski definition) is 2. The van der Waals surface area contributed by atoms with E-state index in [2.05, 4.69) is 10.4 Å². The van der Waals surface area contributed by atoms with E-state index in [1.165, 1.54) is 11.1 Å². The second-order valence-electron chi connectivity index (χ2n) is 3.04. The van der Waals surface area contributed by atoms with Crippen molar-refractivity contribution < 1.29 is 0 Å². The first-order valence-corrected chi connectivity index (χ1v) is 5.09. The summed E-state index contributed by atoms with van der Waals surface area (Å²) in [4.78, 5) is 0. The zero-order valence-electron chi connectivity index (χ0n) is 8.22. The highest BCUT2D eigenvalue weighted by atomic mass is 35.5. The fraction of sp³-hybridized carbons (Fsp3) is 0.444. The zero-order chi connectivity index (χ0) is 10.6. The van der Waals surface area contributed by atoms with Crippen LogP contribution in [0.15, 0.2) is 16.8 Å². The summed E-state index contributed by atoms with van der Waals surface area (Å²) >= 11 is 11.1. The third-order valence-electron chi connectivity index (χ3n) is 2.06. The molecule has 0 aliphatic heterocycles. The highest BCUT2D eigenvalue weighted by Crippen LogP contribution is 2.06. The van der Waals surface area contributed by atoms with Gasteiger partial charge in [0.05, 0.1) is 6.20 Å². The van der Waals surface area contributed by atoms with E-state index in [1.807, 2.05) is 24.9 Å². The fourth-order valence-corrected chi connectivity index (χ4v) is 1.24. The summed E-state index contributed by atoms with van der Waals surface area (Å²) in [7, 11) is 1.92. The molecule has 0 spiro atoms. The molecule has 0 amide bonds. The van der Waals surface area contributed by atoms with E-state index in [0.29, 0.717) is 11.6 Å². The predicted molar refractivity (Wildman–Crippen MR) is 59.4 cm³/mol. The van der Waals surface area contributed by atoms with Gasteiger partial charge in [0.2, 0.25) is 0 Å². The van der Waals surface area contributed by atoms with Crippen molar-refractivity contribution in [3.8, 4) is 0 Å². The average molecular weight is 234 g/mol. The number of aryl methyl sites for hydroxylation is 1. The Bertz CT molecular complexity index is 331. The largest absolute Gasteiger partial charge is 0.308 e. The van der Waals surface area contributed by atoms with E-state index < -0.39 is 0 Å². The molecular formula is C9H13Cl2N3. The number of nitrogens with one attached hydrogen (secondary N) is 1. The minimum Gasteiger partial charge on any atom is -0.308 e. The zero-order valence-corrected chi connectivity index (χ0v) is 9.73. The number of aromatic nitrogens is 2. The molecular weight excluding hydrogens is 221 g/mol. The van der Waals surface area contributed by atoms with Crippen molar-refractivity contribution in [2.24, 2.45) is 7.05 Å². The van der Waals surface area contributed by atoms with Gasteiger partial charge in [-0.1, -0.05) is 23.2 Å². The van der Waals surface area contributed by atoms with Crippen LogP contribution in [-0.2, 0) is 13.6 Å². The Morgan fingerprint density at radius 2 is 2.43 bits per heavy atom. The second kappa shape index (κ2) is 5.39. The average Bonchev–Trinajstić information content (AvgIpc) is 2.49. The van der Waals surface area contributed by atoms with Gasteiger partial charge in [0.1, 0.15) is 0 Å². The third kappa shape index (κ3) is 3.01. The Balaban J connectivity index is 2.43.